The van der Waals surface area contributed by atoms with E-state index in [0.29, 0.717) is 5.58 Å². The van der Waals surface area contributed by atoms with Gasteiger partial charge < -0.3 is 8.98 Å². The van der Waals surface area contributed by atoms with Crippen LogP contribution in [0.25, 0.3) is 16.7 Å². The quantitative estimate of drug-likeness (QED) is 0.414. The Labute approximate surface area is 161 Å². The van der Waals surface area contributed by atoms with Gasteiger partial charge in [0.25, 0.3) is 0 Å². The molecule has 4 rings (SSSR count). The minimum Gasteiger partial charge on any atom is -0.451 e. The van der Waals surface area contributed by atoms with E-state index in [9.17, 15) is 9.18 Å². The van der Waals surface area contributed by atoms with Crippen molar-refractivity contribution < 1.29 is 13.6 Å². The molecule has 0 saturated heterocycles. The SMILES string of the molecule is Cc1cc(/C=N/NC(=O)c2cc3ccccc3o2)c(C)n1-c1cccc(F)c1. The highest BCUT2D eigenvalue weighted by molar-refractivity contribution is 5.96. The number of nitrogens with zero attached hydrogens (tertiary/aromatic N) is 2. The molecule has 5 nitrogen and oxygen atoms in total. The number of halogens is 1. The number of carbonyl (C=O) groups excluding carboxylic acids is 1. The number of hydrogen-bond donors (Lipinski definition) is 1. The van der Waals surface area contributed by atoms with Gasteiger partial charge >= 0.3 is 5.91 Å². The molecule has 1 amide bonds. The van der Waals surface area contributed by atoms with E-state index in [1.165, 1.54) is 12.1 Å². The smallest absolute Gasteiger partial charge is 0.307 e. The topological polar surface area (TPSA) is 59.5 Å². The molecule has 0 radical (unpaired) electrons. The Bertz CT molecular complexity index is 1170. The van der Waals surface area contributed by atoms with Crippen LogP contribution >= 0.6 is 0 Å². The van der Waals surface area contributed by atoms with Crippen LogP contribution in [0, 0.1) is 19.7 Å². The van der Waals surface area contributed by atoms with Crippen molar-refractivity contribution in [3.05, 3.63) is 89.2 Å². The number of carbonyl (C=O) groups is 1. The number of aromatic nitrogens is 1. The fourth-order valence-electron chi connectivity index (χ4n) is 3.24. The lowest BCUT2D eigenvalue weighted by molar-refractivity contribution is 0.0929. The van der Waals surface area contributed by atoms with E-state index < -0.39 is 5.91 Å². The van der Waals surface area contributed by atoms with Crippen molar-refractivity contribution >= 4 is 23.1 Å². The van der Waals surface area contributed by atoms with Crippen LogP contribution in [0.5, 0.6) is 0 Å². The molecule has 0 fully saturated rings. The third-order valence-electron chi connectivity index (χ3n) is 4.56. The summed E-state index contributed by atoms with van der Waals surface area (Å²) in [6, 6.07) is 17.4. The second-order valence-corrected chi connectivity index (χ2v) is 6.49. The van der Waals surface area contributed by atoms with Gasteiger partial charge in [0.05, 0.1) is 6.21 Å². The number of fused-ring (bicyclic) bond motifs is 1. The number of furan rings is 1. The summed E-state index contributed by atoms with van der Waals surface area (Å²) in [5, 5.41) is 4.90. The summed E-state index contributed by atoms with van der Waals surface area (Å²) in [5.41, 5.74) is 6.52. The van der Waals surface area contributed by atoms with Gasteiger partial charge in [-0.2, -0.15) is 5.10 Å². The molecule has 28 heavy (non-hydrogen) atoms. The van der Waals surface area contributed by atoms with Gasteiger partial charge in [-0.05, 0) is 50.2 Å². The number of para-hydroxylation sites is 1. The molecule has 0 spiro atoms. The Morgan fingerprint density at radius 1 is 1.11 bits per heavy atom. The van der Waals surface area contributed by atoms with Gasteiger partial charge in [0.15, 0.2) is 5.76 Å². The second-order valence-electron chi connectivity index (χ2n) is 6.49. The first-order chi connectivity index (χ1) is 13.5. The molecule has 0 aliphatic rings. The molecule has 0 atom stereocenters. The molecular weight excluding hydrogens is 357 g/mol. The Morgan fingerprint density at radius 3 is 2.71 bits per heavy atom. The molecule has 2 aromatic carbocycles. The van der Waals surface area contributed by atoms with Gasteiger partial charge in [-0.1, -0.05) is 24.3 Å². The van der Waals surface area contributed by atoms with E-state index in [4.69, 9.17) is 4.42 Å². The Kier molecular flexibility index (Phi) is 4.53. The lowest BCUT2D eigenvalue weighted by atomic mass is 10.2. The normalized spacial score (nSPS) is 11.4. The van der Waals surface area contributed by atoms with Crippen LogP contribution in [0.2, 0.25) is 0 Å². The van der Waals surface area contributed by atoms with Crippen LogP contribution in [0.15, 0.2) is 70.2 Å². The van der Waals surface area contributed by atoms with E-state index in [0.717, 1.165) is 28.0 Å². The zero-order valence-electron chi connectivity index (χ0n) is 15.4. The van der Waals surface area contributed by atoms with Gasteiger partial charge in [0, 0.05) is 28.0 Å². The lowest BCUT2D eigenvalue weighted by Crippen LogP contribution is -2.16. The maximum atomic E-state index is 13.6. The largest absolute Gasteiger partial charge is 0.451 e. The predicted molar refractivity (Wildman–Crippen MR) is 106 cm³/mol. The van der Waals surface area contributed by atoms with E-state index in [1.807, 2.05) is 48.7 Å². The molecule has 0 aliphatic carbocycles. The van der Waals surface area contributed by atoms with Gasteiger partial charge in [-0.25, -0.2) is 9.82 Å². The molecule has 4 aromatic rings. The Hall–Kier alpha value is -3.67. The van der Waals surface area contributed by atoms with Gasteiger partial charge in [0.1, 0.15) is 11.4 Å². The number of nitrogens with one attached hydrogen (secondary N) is 1. The zero-order valence-corrected chi connectivity index (χ0v) is 15.4. The minimum atomic E-state index is -0.425. The van der Waals surface area contributed by atoms with Crippen LogP contribution in [0.4, 0.5) is 4.39 Å². The zero-order chi connectivity index (χ0) is 19.7. The van der Waals surface area contributed by atoms with E-state index in [2.05, 4.69) is 10.5 Å². The molecule has 0 unspecified atom stereocenters. The van der Waals surface area contributed by atoms with Crippen molar-refractivity contribution in [3.63, 3.8) is 0 Å². The van der Waals surface area contributed by atoms with Gasteiger partial charge in [-0.15, -0.1) is 0 Å². The molecule has 2 aromatic heterocycles. The van der Waals surface area contributed by atoms with Crippen LogP contribution in [0.3, 0.4) is 0 Å². The molecule has 140 valence electrons. The van der Waals surface area contributed by atoms with Crippen LogP contribution in [-0.4, -0.2) is 16.7 Å². The number of hydrogen-bond acceptors (Lipinski definition) is 3. The Morgan fingerprint density at radius 2 is 1.93 bits per heavy atom. The fourth-order valence-corrected chi connectivity index (χ4v) is 3.24. The molecule has 6 heteroatoms. The lowest BCUT2D eigenvalue weighted by Gasteiger charge is -2.09. The summed E-state index contributed by atoms with van der Waals surface area (Å²) in [5.74, 6) is -0.520. The summed E-state index contributed by atoms with van der Waals surface area (Å²) in [6.45, 7) is 3.85. The number of aryl methyl sites for hydroxylation is 1. The van der Waals surface area contributed by atoms with Crippen molar-refractivity contribution in [3.8, 4) is 5.69 Å². The van der Waals surface area contributed by atoms with Crippen molar-refractivity contribution in [2.45, 2.75) is 13.8 Å². The van der Waals surface area contributed by atoms with Crippen molar-refractivity contribution in [1.29, 1.82) is 0 Å². The third-order valence-corrected chi connectivity index (χ3v) is 4.56. The van der Waals surface area contributed by atoms with E-state index in [1.54, 1.807) is 24.4 Å². The van der Waals surface area contributed by atoms with Crippen molar-refractivity contribution in [2.24, 2.45) is 5.10 Å². The maximum absolute atomic E-state index is 13.6. The van der Waals surface area contributed by atoms with Crippen LogP contribution in [-0.2, 0) is 0 Å². The van der Waals surface area contributed by atoms with Crippen molar-refractivity contribution in [1.82, 2.24) is 9.99 Å². The molecule has 2 heterocycles. The number of hydrazone groups is 1. The monoisotopic (exact) mass is 375 g/mol. The van der Waals surface area contributed by atoms with Crippen LogP contribution in [0.1, 0.15) is 27.5 Å². The predicted octanol–water partition coefficient (Wildman–Crippen LogP) is 4.74. The van der Waals surface area contributed by atoms with E-state index >= 15 is 0 Å². The number of benzene rings is 2. The molecule has 0 bridgehead atoms. The number of amides is 1. The first-order valence-corrected chi connectivity index (χ1v) is 8.80. The molecular formula is C22H18FN3O2. The van der Waals surface area contributed by atoms with E-state index in [-0.39, 0.29) is 11.6 Å². The van der Waals surface area contributed by atoms with Crippen LogP contribution < -0.4 is 5.43 Å². The standard InChI is InChI=1S/C22H18FN3O2/c1-14-10-17(15(2)26(14)19-8-5-7-18(23)12-19)13-24-25-22(27)21-11-16-6-3-4-9-20(16)28-21/h3-13H,1-2H3,(H,25,27)/b24-13+. The summed E-state index contributed by atoms with van der Waals surface area (Å²) in [6.07, 6.45) is 1.57. The maximum Gasteiger partial charge on any atom is 0.307 e. The van der Waals surface area contributed by atoms with Gasteiger partial charge in [-0.3, -0.25) is 4.79 Å². The first kappa shape index (κ1) is 17.7. The number of rotatable bonds is 4. The Balaban J connectivity index is 1.53. The highest BCUT2D eigenvalue weighted by Crippen LogP contribution is 2.21. The average molecular weight is 375 g/mol. The fraction of sp³-hybridized carbons (Fsp3) is 0.0909. The second kappa shape index (κ2) is 7.15. The highest BCUT2D eigenvalue weighted by atomic mass is 19.1. The summed E-state index contributed by atoms with van der Waals surface area (Å²) < 4.78 is 21.0. The summed E-state index contributed by atoms with van der Waals surface area (Å²) in [7, 11) is 0. The summed E-state index contributed by atoms with van der Waals surface area (Å²) in [4.78, 5) is 12.3. The third kappa shape index (κ3) is 3.32. The average Bonchev–Trinajstić information content (AvgIpc) is 3.22. The molecule has 0 aliphatic heterocycles. The van der Waals surface area contributed by atoms with Gasteiger partial charge in [0.2, 0.25) is 0 Å². The minimum absolute atomic E-state index is 0.198. The summed E-state index contributed by atoms with van der Waals surface area (Å²) >= 11 is 0. The first-order valence-electron chi connectivity index (χ1n) is 8.80. The molecule has 0 saturated carbocycles. The van der Waals surface area contributed by atoms with Crippen molar-refractivity contribution in [2.75, 3.05) is 0 Å². The highest BCUT2D eigenvalue weighted by Gasteiger charge is 2.12. The molecule has 1 N–H and O–H groups in total.